The Kier molecular flexibility index (Phi) is 11.1. The largest absolute Gasteiger partial charge is 0.497 e. The van der Waals surface area contributed by atoms with Crippen molar-refractivity contribution in [2.75, 3.05) is 7.11 Å². The molecule has 0 heterocycles. The molecule has 0 fully saturated rings. The molecule has 0 saturated heterocycles. The Morgan fingerprint density at radius 3 is 2.22 bits per heavy atom. The predicted molar refractivity (Wildman–Crippen MR) is 102 cm³/mol. The molecule has 0 aliphatic heterocycles. The van der Waals surface area contributed by atoms with Crippen molar-refractivity contribution in [2.45, 2.75) is 71.0 Å². The summed E-state index contributed by atoms with van der Waals surface area (Å²) in [5.41, 5.74) is 1.16. The molecule has 0 bridgehead atoms. The average Bonchev–Trinajstić information content (AvgIpc) is 2.56. The Morgan fingerprint density at radius 1 is 1.04 bits per heavy atom. The van der Waals surface area contributed by atoms with Crippen molar-refractivity contribution in [3.63, 3.8) is 0 Å². The third-order valence-corrected chi connectivity index (χ3v) is 4.54. The van der Waals surface area contributed by atoms with Crippen LogP contribution in [-0.4, -0.2) is 13.2 Å². The number of benzene rings is 1. The average molecular weight is 383 g/mol. The van der Waals surface area contributed by atoms with E-state index < -0.39 is 0 Å². The Labute approximate surface area is 150 Å². The Bertz CT molecular complexity index is 428. The second-order valence-electron chi connectivity index (χ2n) is 6.00. The van der Waals surface area contributed by atoms with Crippen LogP contribution in [0.4, 0.5) is 0 Å². The molecule has 0 saturated carbocycles. The van der Waals surface area contributed by atoms with Crippen molar-refractivity contribution < 1.29 is 9.47 Å². The fourth-order valence-corrected chi connectivity index (χ4v) is 2.90. The number of unbranched alkanes of at least 4 members (excludes halogenated alkanes) is 6. The molecule has 0 aromatic heterocycles. The highest BCUT2D eigenvalue weighted by Gasteiger charge is 2.11. The fourth-order valence-electron chi connectivity index (χ4n) is 2.54. The molecule has 1 aromatic rings. The molecule has 130 valence electrons. The van der Waals surface area contributed by atoms with E-state index in [9.17, 15) is 0 Å². The molecule has 0 aliphatic carbocycles. The Balaban J connectivity index is 2.24. The minimum absolute atomic E-state index is 0.0905. The molecule has 0 aliphatic rings. The van der Waals surface area contributed by atoms with Gasteiger partial charge in [-0.1, -0.05) is 86.5 Å². The van der Waals surface area contributed by atoms with Crippen molar-refractivity contribution in [3.05, 3.63) is 40.9 Å². The summed E-state index contributed by atoms with van der Waals surface area (Å²) in [6, 6.07) is 8.02. The molecular weight excluding hydrogens is 352 g/mol. The van der Waals surface area contributed by atoms with E-state index in [2.05, 4.69) is 29.4 Å². The van der Waals surface area contributed by atoms with Crippen LogP contribution >= 0.6 is 15.9 Å². The van der Waals surface area contributed by atoms with Crippen LogP contribution in [0, 0.1) is 0 Å². The van der Waals surface area contributed by atoms with Crippen molar-refractivity contribution >= 4 is 15.9 Å². The number of hydrogen-bond acceptors (Lipinski definition) is 2. The van der Waals surface area contributed by atoms with E-state index >= 15 is 0 Å². The minimum Gasteiger partial charge on any atom is -0.497 e. The van der Waals surface area contributed by atoms with Crippen molar-refractivity contribution in [3.8, 4) is 5.75 Å². The van der Waals surface area contributed by atoms with Crippen LogP contribution in [0.25, 0.3) is 0 Å². The second kappa shape index (κ2) is 12.6. The summed E-state index contributed by atoms with van der Waals surface area (Å²) < 4.78 is 12.1. The molecule has 1 unspecified atom stereocenters. The molecule has 1 atom stereocenters. The van der Waals surface area contributed by atoms with Crippen molar-refractivity contribution in [1.82, 2.24) is 0 Å². The lowest BCUT2D eigenvalue weighted by molar-refractivity contribution is 0.0630. The molecule has 1 rings (SSSR count). The quantitative estimate of drug-likeness (QED) is 0.356. The van der Waals surface area contributed by atoms with Crippen LogP contribution in [0.2, 0.25) is 0 Å². The Morgan fingerprint density at radius 2 is 1.65 bits per heavy atom. The zero-order chi connectivity index (χ0) is 16.9. The normalized spacial score (nSPS) is 12.1. The second-order valence-corrected chi connectivity index (χ2v) is 7.02. The summed E-state index contributed by atoms with van der Waals surface area (Å²) in [7, 11) is 1.68. The van der Waals surface area contributed by atoms with Crippen LogP contribution in [0.1, 0.15) is 63.9 Å². The lowest BCUT2D eigenvalue weighted by Gasteiger charge is -2.17. The summed E-state index contributed by atoms with van der Waals surface area (Å²) in [4.78, 5) is 0. The molecule has 2 nitrogen and oxygen atoms in total. The third-order valence-electron chi connectivity index (χ3n) is 4.03. The van der Waals surface area contributed by atoms with Crippen LogP contribution in [-0.2, 0) is 11.3 Å². The third kappa shape index (κ3) is 9.17. The molecule has 23 heavy (non-hydrogen) atoms. The number of rotatable bonds is 13. The van der Waals surface area contributed by atoms with Gasteiger partial charge in [0.2, 0.25) is 0 Å². The minimum atomic E-state index is 0.0905. The van der Waals surface area contributed by atoms with E-state index in [0.29, 0.717) is 6.61 Å². The first-order chi connectivity index (χ1) is 11.2. The maximum absolute atomic E-state index is 6.02. The van der Waals surface area contributed by atoms with Crippen molar-refractivity contribution in [2.24, 2.45) is 0 Å². The number of halogens is 1. The van der Waals surface area contributed by atoms with E-state index in [1.807, 2.05) is 24.3 Å². The van der Waals surface area contributed by atoms with Gasteiger partial charge in [0.15, 0.2) is 0 Å². The summed E-state index contributed by atoms with van der Waals surface area (Å²) in [5, 5.41) is 0. The van der Waals surface area contributed by atoms with Crippen molar-refractivity contribution in [1.29, 1.82) is 0 Å². The first-order valence-corrected chi connectivity index (χ1v) is 9.55. The zero-order valence-electron chi connectivity index (χ0n) is 14.7. The van der Waals surface area contributed by atoms with Gasteiger partial charge >= 0.3 is 0 Å². The van der Waals surface area contributed by atoms with Gasteiger partial charge in [-0.05, 0) is 24.1 Å². The number of hydrogen-bond donors (Lipinski definition) is 0. The van der Waals surface area contributed by atoms with Gasteiger partial charge in [-0.15, -0.1) is 0 Å². The first-order valence-electron chi connectivity index (χ1n) is 8.76. The summed E-state index contributed by atoms with van der Waals surface area (Å²) in [6.07, 6.45) is 10.4. The van der Waals surface area contributed by atoms with Gasteiger partial charge < -0.3 is 9.47 Å². The summed E-state index contributed by atoms with van der Waals surface area (Å²) in [6.45, 7) is 6.87. The number of methoxy groups -OCH3 is 1. The molecule has 3 heteroatoms. The number of ether oxygens (including phenoxy) is 2. The topological polar surface area (TPSA) is 18.5 Å². The van der Waals surface area contributed by atoms with Gasteiger partial charge in [-0.25, -0.2) is 0 Å². The van der Waals surface area contributed by atoms with Gasteiger partial charge in [0.25, 0.3) is 0 Å². The standard InChI is InChI=1S/C20H31BrO2/c1-4-5-6-7-8-9-10-11-20(17(2)21)23-16-18-12-14-19(22-3)15-13-18/h12-15,20H,2,4-11,16H2,1,3H3. The van der Waals surface area contributed by atoms with Crippen LogP contribution in [0.15, 0.2) is 35.3 Å². The van der Waals surface area contributed by atoms with E-state index in [1.165, 1.54) is 44.9 Å². The maximum atomic E-state index is 6.02. The maximum Gasteiger partial charge on any atom is 0.118 e. The van der Waals surface area contributed by atoms with Gasteiger partial charge in [-0.3, -0.25) is 0 Å². The lowest BCUT2D eigenvalue weighted by Crippen LogP contribution is -2.12. The molecular formula is C20H31BrO2. The zero-order valence-corrected chi connectivity index (χ0v) is 16.2. The van der Waals surface area contributed by atoms with Crippen LogP contribution in [0.5, 0.6) is 5.75 Å². The van der Waals surface area contributed by atoms with Gasteiger partial charge in [0, 0.05) is 4.48 Å². The predicted octanol–water partition coefficient (Wildman–Crippen LogP) is 6.63. The summed E-state index contributed by atoms with van der Waals surface area (Å²) in [5.74, 6) is 0.873. The molecule has 0 N–H and O–H groups in total. The lowest BCUT2D eigenvalue weighted by atomic mass is 10.1. The van der Waals surface area contributed by atoms with Gasteiger partial charge in [0.05, 0.1) is 19.8 Å². The van der Waals surface area contributed by atoms with E-state index in [1.54, 1.807) is 7.11 Å². The highest BCUT2D eigenvalue weighted by Crippen LogP contribution is 2.21. The fraction of sp³-hybridized carbons (Fsp3) is 0.600. The van der Waals surface area contributed by atoms with Crippen LogP contribution in [0.3, 0.4) is 0 Å². The van der Waals surface area contributed by atoms with E-state index in [0.717, 1.165) is 22.2 Å². The molecule has 0 spiro atoms. The van der Waals surface area contributed by atoms with E-state index in [-0.39, 0.29) is 6.10 Å². The first kappa shape index (κ1) is 20.2. The molecule has 1 aromatic carbocycles. The van der Waals surface area contributed by atoms with E-state index in [4.69, 9.17) is 9.47 Å². The Hall–Kier alpha value is -0.800. The van der Waals surface area contributed by atoms with Gasteiger partial charge in [0.1, 0.15) is 5.75 Å². The monoisotopic (exact) mass is 382 g/mol. The van der Waals surface area contributed by atoms with Gasteiger partial charge in [-0.2, -0.15) is 0 Å². The smallest absolute Gasteiger partial charge is 0.118 e. The summed E-state index contributed by atoms with van der Waals surface area (Å²) >= 11 is 3.50. The molecule has 0 radical (unpaired) electrons. The highest BCUT2D eigenvalue weighted by molar-refractivity contribution is 9.11. The highest BCUT2D eigenvalue weighted by atomic mass is 79.9. The van der Waals surface area contributed by atoms with Crippen LogP contribution < -0.4 is 4.74 Å². The molecule has 0 amide bonds. The SMILES string of the molecule is C=C(Br)C(CCCCCCCCC)OCc1ccc(OC)cc1.